The molecule has 0 aromatic heterocycles. The van der Waals surface area contributed by atoms with E-state index in [1.165, 1.54) is 16.8 Å². The van der Waals surface area contributed by atoms with E-state index in [-0.39, 0.29) is 5.54 Å². The molecule has 2 rings (SSSR count). The van der Waals surface area contributed by atoms with Crippen molar-refractivity contribution in [2.45, 2.75) is 40.2 Å². The van der Waals surface area contributed by atoms with Crippen molar-refractivity contribution in [3.63, 3.8) is 0 Å². The number of likely N-dealkylation sites (N-methyl/N-ethyl adjacent to an activating group) is 1. The van der Waals surface area contributed by atoms with Gasteiger partial charge in [0.05, 0.1) is 17.2 Å². The standard InChI is InChI=1S/C16H20N2/c1-6-18-15-7-11(2)13(10-17)8-14(15)12(3)9-16(18,4)5/h7-9H,6H2,1-5H3. The molecule has 2 heteroatoms. The molecule has 94 valence electrons. The first kappa shape index (κ1) is 12.7. The molecule has 1 aliphatic rings. The first-order chi connectivity index (χ1) is 8.40. The van der Waals surface area contributed by atoms with E-state index in [1.807, 2.05) is 13.0 Å². The summed E-state index contributed by atoms with van der Waals surface area (Å²) in [6.07, 6.45) is 2.29. The zero-order chi connectivity index (χ0) is 13.5. The lowest BCUT2D eigenvalue weighted by molar-refractivity contribution is 0.566. The number of nitrogens with zero attached hydrogens (tertiary/aromatic N) is 2. The van der Waals surface area contributed by atoms with E-state index in [4.69, 9.17) is 5.26 Å². The Balaban J connectivity index is 2.71. The molecule has 1 aliphatic heterocycles. The summed E-state index contributed by atoms with van der Waals surface area (Å²) in [6.45, 7) is 11.7. The maximum absolute atomic E-state index is 9.15. The highest BCUT2D eigenvalue weighted by atomic mass is 15.2. The van der Waals surface area contributed by atoms with Crippen molar-refractivity contribution in [1.29, 1.82) is 5.26 Å². The van der Waals surface area contributed by atoms with E-state index < -0.39 is 0 Å². The van der Waals surface area contributed by atoms with E-state index >= 15 is 0 Å². The Morgan fingerprint density at radius 3 is 2.50 bits per heavy atom. The molecule has 0 saturated carbocycles. The molecule has 0 atom stereocenters. The van der Waals surface area contributed by atoms with Crippen LogP contribution in [0.1, 0.15) is 44.4 Å². The summed E-state index contributed by atoms with van der Waals surface area (Å²) in [5.41, 5.74) is 5.57. The van der Waals surface area contributed by atoms with Crippen molar-refractivity contribution in [2.24, 2.45) is 0 Å². The van der Waals surface area contributed by atoms with Gasteiger partial charge in [-0.05, 0) is 57.9 Å². The minimum atomic E-state index is 0.0342. The quantitative estimate of drug-likeness (QED) is 0.744. The lowest BCUT2D eigenvalue weighted by Gasteiger charge is -2.43. The zero-order valence-corrected chi connectivity index (χ0v) is 11.8. The predicted molar refractivity (Wildman–Crippen MR) is 76.6 cm³/mol. The number of hydrogen-bond donors (Lipinski definition) is 0. The van der Waals surface area contributed by atoms with Gasteiger partial charge in [-0.15, -0.1) is 0 Å². The molecular weight excluding hydrogens is 220 g/mol. The van der Waals surface area contributed by atoms with Crippen molar-refractivity contribution < 1.29 is 0 Å². The summed E-state index contributed by atoms with van der Waals surface area (Å²) in [5.74, 6) is 0. The van der Waals surface area contributed by atoms with Gasteiger partial charge in [0, 0.05) is 17.8 Å². The number of rotatable bonds is 1. The molecule has 0 aliphatic carbocycles. The van der Waals surface area contributed by atoms with Gasteiger partial charge in [-0.1, -0.05) is 6.08 Å². The molecule has 1 heterocycles. The molecule has 18 heavy (non-hydrogen) atoms. The maximum Gasteiger partial charge on any atom is 0.0994 e. The van der Waals surface area contributed by atoms with Crippen LogP contribution < -0.4 is 4.90 Å². The Morgan fingerprint density at radius 2 is 1.94 bits per heavy atom. The number of hydrogen-bond acceptors (Lipinski definition) is 2. The second kappa shape index (κ2) is 4.17. The fourth-order valence-electron chi connectivity index (χ4n) is 2.93. The van der Waals surface area contributed by atoms with Gasteiger partial charge >= 0.3 is 0 Å². The van der Waals surface area contributed by atoms with Gasteiger partial charge in [0.15, 0.2) is 0 Å². The third kappa shape index (κ3) is 1.80. The smallest absolute Gasteiger partial charge is 0.0994 e. The normalized spacial score (nSPS) is 16.9. The van der Waals surface area contributed by atoms with Gasteiger partial charge in [0.1, 0.15) is 0 Å². The Hall–Kier alpha value is -1.75. The second-order valence-corrected chi connectivity index (χ2v) is 5.52. The molecule has 0 bridgehead atoms. The minimum Gasteiger partial charge on any atom is -0.363 e. The predicted octanol–water partition coefficient (Wildman–Crippen LogP) is 3.89. The Bertz CT molecular complexity index is 559. The number of aryl methyl sites for hydroxylation is 1. The third-order valence-corrected chi connectivity index (χ3v) is 3.76. The molecule has 0 radical (unpaired) electrons. The second-order valence-electron chi connectivity index (χ2n) is 5.52. The van der Waals surface area contributed by atoms with Crippen LogP contribution in [-0.2, 0) is 0 Å². The monoisotopic (exact) mass is 240 g/mol. The topological polar surface area (TPSA) is 27.0 Å². The highest BCUT2D eigenvalue weighted by Gasteiger charge is 2.30. The van der Waals surface area contributed by atoms with Crippen LogP contribution in [-0.4, -0.2) is 12.1 Å². The van der Waals surface area contributed by atoms with Crippen LogP contribution in [0.15, 0.2) is 18.2 Å². The summed E-state index contributed by atoms with van der Waals surface area (Å²) < 4.78 is 0. The van der Waals surface area contributed by atoms with Crippen LogP contribution >= 0.6 is 0 Å². The van der Waals surface area contributed by atoms with Crippen molar-refractivity contribution >= 4 is 11.3 Å². The summed E-state index contributed by atoms with van der Waals surface area (Å²) >= 11 is 0. The fraction of sp³-hybridized carbons (Fsp3) is 0.438. The lowest BCUT2D eigenvalue weighted by atomic mass is 9.87. The molecule has 1 aromatic rings. The van der Waals surface area contributed by atoms with Crippen LogP contribution in [0.2, 0.25) is 0 Å². The van der Waals surface area contributed by atoms with Gasteiger partial charge < -0.3 is 4.90 Å². The van der Waals surface area contributed by atoms with Crippen molar-refractivity contribution in [3.8, 4) is 6.07 Å². The molecule has 0 amide bonds. The van der Waals surface area contributed by atoms with Crippen LogP contribution in [0.3, 0.4) is 0 Å². The largest absolute Gasteiger partial charge is 0.363 e. The van der Waals surface area contributed by atoms with Crippen LogP contribution in [0.25, 0.3) is 5.57 Å². The molecule has 0 N–H and O–H groups in total. The van der Waals surface area contributed by atoms with Crippen molar-refractivity contribution in [3.05, 3.63) is 34.9 Å². The Kier molecular flexibility index (Phi) is 2.94. The van der Waals surface area contributed by atoms with Gasteiger partial charge in [0.25, 0.3) is 0 Å². The molecule has 0 spiro atoms. The molecule has 2 nitrogen and oxygen atoms in total. The molecule has 0 saturated heterocycles. The van der Waals surface area contributed by atoms with E-state index in [0.29, 0.717) is 0 Å². The lowest BCUT2D eigenvalue weighted by Crippen LogP contribution is -2.44. The summed E-state index contributed by atoms with van der Waals surface area (Å²) in [6, 6.07) is 6.44. The van der Waals surface area contributed by atoms with Gasteiger partial charge in [0.2, 0.25) is 0 Å². The van der Waals surface area contributed by atoms with E-state index in [0.717, 1.165) is 17.7 Å². The van der Waals surface area contributed by atoms with Gasteiger partial charge in [-0.3, -0.25) is 0 Å². The Morgan fingerprint density at radius 1 is 1.28 bits per heavy atom. The van der Waals surface area contributed by atoms with Crippen LogP contribution in [0.5, 0.6) is 0 Å². The summed E-state index contributed by atoms with van der Waals surface area (Å²) in [7, 11) is 0. The maximum atomic E-state index is 9.15. The number of allylic oxidation sites excluding steroid dienone is 1. The number of nitriles is 1. The molecular formula is C16H20N2. The summed E-state index contributed by atoms with van der Waals surface area (Å²) in [5, 5.41) is 9.15. The fourth-order valence-corrected chi connectivity index (χ4v) is 2.93. The van der Waals surface area contributed by atoms with Crippen molar-refractivity contribution in [2.75, 3.05) is 11.4 Å². The molecule has 0 fully saturated rings. The van der Waals surface area contributed by atoms with E-state index in [9.17, 15) is 0 Å². The van der Waals surface area contributed by atoms with E-state index in [2.05, 4.69) is 50.8 Å². The summed E-state index contributed by atoms with van der Waals surface area (Å²) in [4.78, 5) is 2.39. The first-order valence-corrected chi connectivity index (χ1v) is 6.43. The Labute approximate surface area is 110 Å². The SMILES string of the molecule is CCN1c2cc(C)c(C#N)cc2C(C)=CC1(C)C. The molecule has 0 unspecified atom stereocenters. The zero-order valence-electron chi connectivity index (χ0n) is 11.8. The van der Waals surface area contributed by atoms with Crippen molar-refractivity contribution in [1.82, 2.24) is 0 Å². The minimum absolute atomic E-state index is 0.0342. The van der Waals surface area contributed by atoms with E-state index in [1.54, 1.807) is 0 Å². The highest BCUT2D eigenvalue weighted by molar-refractivity contribution is 5.82. The average molecular weight is 240 g/mol. The van der Waals surface area contributed by atoms with Gasteiger partial charge in [-0.25, -0.2) is 0 Å². The van der Waals surface area contributed by atoms with Crippen LogP contribution in [0.4, 0.5) is 5.69 Å². The number of benzene rings is 1. The highest BCUT2D eigenvalue weighted by Crippen LogP contribution is 2.39. The first-order valence-electron chi connectivity index (χ1n) is 6.43. The number of anilines is 1. The average Bonchev–Trinajstić information content (AvgIpc) is 2.27. The molecule has 1 aromatic carbocycles. The van der Waals surface area contributed by atoms with Crippen LogP contribution in [0, 0.1) is 18.3 Å². The third-order valence-electron chi connectivity index (χ3n) is 3.76. The van der Waals surface area contributed by atoms with Gasteiger partial charge in [-0.2, -0.15) is 5.26 Å². The number of fused-ring (bicyclic) bond motifs is 1.